The number of amides is 3. The molecular weight excluding hydrogens is 500 g/mol. The lowest BCUT2D eigenvalue weighted by molar-refractivity contribution is -0.129. The maximum atomic E-state index is 12.6. The predicted molar refractivity (Wildman–Crippen MR) is 152 cm³/mol. The molecule has 38 heavy (non-hydrogen) atoms. The quantitative estimate of drug-likeness (QED) is 0.322. The number of urea groups is 1. The van der Waals surface area contributed by atoms with Crippen molar-refractivity contribution in [3.05, 3.63) is 77.3 Å². The summed E-state index contributed by atoms with van der Waals surface area (Å²) in [4.78, 5) is 32.5. The summed E-state index contributed by atoms with van der Waals surface area (Å²) in [6, 6.07) is 14.3. The van der Waals surface area contributed by atoms with Crippen LogP contribution in [-0.4, -0.2) is 48.1 Å². The number of anilines is 3. The van der Waals surface area contributed by atoms with Crippen molar-refractivity contribution in [2.24, 2.45) is 11.5 Å². The Hall–Kier alpha value is -4.25. The Morgan fingerprint density at radius 1 is 1.11 bits per heavy atom. The molecule has 4 aromatic rings. The van der Waals surface area contributed by atoms with E-state index < -0.39 is 6.03 Å². The lowest BCUT2D eigenvalue weighted by Gasteiger charge is -2.25. The van der Waals surface area contributed by atoms with E-state index in [-0.39, 0.29) is 5.91 Å². The lowest BCUT2D eigenvalue weighted by atomic mass is 10.0. The molecule has 1 aliphatic heterocycles. The van der Waals surface area contributed by atoms with Gasteiger partial charge in [-0.05, 0) is 46.8 Å². The van der Waals surface area contributed by atoms with E-state index >= 15 is 0 Å². The Balaban J connectivity index is 1.45. The van der Waals surface area contributed by atoms with Crippen LogP contribution in [0.4, 0.5) is 22.0 Å². The summed E-state index contributed by atoms with van der Waals surface area (Å²) in [5.41, 5.74) is 22.6. The second-order valence-corrected chi connectivity index (χ2v) is 9.70. The van der Waals surface area contributed by atoms with Crippen LogP contribution in [0.2, 0.25) is 0 Å². The average Bonchev–Trinajstić information content (AvgIpc) is 3.40. The highest BCUT2D eigenvalue weighted by Crippen LogP contribution is 2.39. The molecule has 0 bridgehead atoms. The number of pyridine rings is 1. The van der Waals surface area contributed by atoms with E-state index in [1.807, 2.05) is 53.9 Å². The van der Waals surface area contributed by atoms with Crippen molar-refractivity contribution in [1.82, 2.24) is 9.88 Å². The number of nitrogens with two attached hydrogens (primary N) is 3. The third-order valence-electron chi connectivity index (χ3n) is 6.44. The Kier molecular flexibility index (Phi) is 7.36. The SMILES string of the molecule is NCc1cccc(N(C(N)=O)c2ccc(-c3csc4c(/C=C/C(=O)N5CCOCC5)cnc(N)c34)cc2)c1. The highest BCUT2D eigenvalue weighted by molar-refractivity contribution is 7.18. The zero-order valence-corrected chi connectivity index (χ0v) is 21.5. The van der Waals surface area contributed by atoms with Crippen molar-refractivity contribution < 1.29 is 14.3 Å². The molecule has 3 heterocycles. The van der Waals surface area contributed by atoms with Gasteiger partial charge in [0.15, 0.2) is 0 Å². The number of nitrogens with zero attached hydrogens (tertiary/aromatic N) is 3. The molecule has 2 aromatic carbocycles. The minimum Gasteiger partial charge on any atom is -0.383 e. The van der Waals surface area contributed by atoms with Gasteiger partial charge in [-0.25, -0.2) is 9.78 Å². The van der Waals surface area contributed by atoms with Crippen LogP contribution in [0, 0.1) is 0 Å². The molecule has 3 amide bonds. The third kappa shape index (κ3) is 5.10. The third-order valence-corrected chi connectivity index (χ3v) is 7.47. The van der Waals surface area contributed by atoms with Crippen molar-refractivity contribution >= 4 is 56.6 Å². The summed E-state index contributed by atoms with van der Waals surface area (Å²) in [6.07, 6.45) is 5.05. The summed E-state index contributed by atoms with van der Waals surface area (Å²) in [7, 11) is 0. The summed E-state index contributed by atoms with van der Waals surface area (Å²) < 4.78 is 6.27. The van der Waals surface area contributed by atoms with Crippen LogP contribution in [0.3, 0.4) is 0 Å². The molecule has 194 valence electrons. The Morgan fingerprint density at radius 2 is 1.87 bits per heavy atom. The number of primary amides is 1. The molecule has 5 rings (SSSR count). The molecule has 0 aliphatic carbocycles. The highest BCUT2D eigenvalue weighted by Gasteiger charge is 2.18. The Morgan fingerprint density at radius 3 is 2.58 bits per heavy atom. The van der Waals surface area contributed by atoms with Crippen LogP contribution >= 0.6 is 11.3 Å². The molecule has 0 unspecified atom stereocenters. The van der Waals surface area contributed by atoms with E-state index in [4.69, 9.17) is 21.9 Å². The van der Waals surface area contributed by atoms with Gasteiger partial charge in [0.2, 0.25) is 5.91 Å². The van der Waals surface area contributed by atoms with Gasteiger partial charge in [0.05, 0.1) is 24.6 Å². The summed E-state index contributed by atoms with van der Waals surface area (Å²) in [5.74, 6) is 0.357. The summed E-state index contributed by atoms with van der Waals surface area (Å²) in [6.45, 7) is 2.64. The Labute approximate surface area is 224 Å². The first-order valence-corrected chi connectivity index (χ1v) is 13.0. The van der Waals surface area contributed by atoms with Gasteiger partial charge in [-0.2, -0.15) is 0 Å². The van der Waals surface area contributed by atoms with Gasteiger partial charge in [-0.3, -0.25) is 9.69 Å². The summed E-state index contributed by atoms with van der Waals surface area (Å²) >= 11 is 1.54. The van der Waals surface area contributed by atoms with E-state index in [1.54, 1.807) is 34.6 Å². The fourth-order valence-corrected chi connectivity index (χ4v) is 5.56. The van der Waals surface area contributed by atoms with Crippen LogP contribution in [0.15, 0.2) is 66.2 Å². The van der Waals surface area contributed by atoms with Crippen LogP contribution in [0.5, 0.6) is 0 Å². The van der Waals surface area contributed by atoms with E-state index in [1.165, 1.54) is 4.90 Å². The number of fused-ring (bicyclic) bond motifs is 1. The first-order chi connectivity index (χ1) is 18.5. The molecule has 0 spiro atoms. The predicted octanol–water partition coefficient (Wildman–Crippen LogP) is 4.09. The van der Waals surface area contributed by atoms with E-state index in [0.717, 1.165) is 32.3 Å². The lowest BCUT2D eigenvalue weighted by Crippen LogP contribution is -2.39. The molecule has 0 atom stereocenters. The number of carbonyl (C=O) groups excluding carboxylic acids is 2. The molecule has 2 aromatic heterocycles. The fraction of sp³-hybridized carbons (Fsp3) is 0.179. The van der Waals surface area contributed by atoms with Gasteiger partial charge < -0.3 is 26.8 Å². The van der Waals surface area contributed by atoms with Crippen LogP contribution in [-0.2, 0) is 16.1 Å². The van der Waals surface area contributed by atoms with Crippen molar-refractivity contribution in [2.75, 3.05) is 36.9 Å². The number of ether oxygens (including phenoxy) is 1. The Bertz CT molecular complexity index is 1510. The summed E-state index contributed by atoms with van der Waals surface area (Å²) in [5, 5.41) is 2.85. The number of carbonyl (C=O) groups is 2. The second kappa shape index (κ2) is 11.0. The number of aromatic nitrogens is 1. The van der Waals surface area contributed by atoms with Crippen molar-refractivity contribution in [3.63, 3.8) is 0 Å². The minimum absolute atomic E-state index is 0.0540. The van der Waals surface area contributed by atoms with Gasteiger partial charge in [-0.1, -0.05) is 24.3 Å². The monoisotopic (exact) mass is 528 g/mol. The molecule has 6 N–H and O–H groups in total. The van der Waals surface area contributed by atoms with Gasteiger partial charge in [0.25, 0.3) is 0 Å². The number of morpholine rings is 1. The van der Waals surface area contributed by atoms with Crippen molar-refractivity contribution in [2.45, 2.75) is 6.54 Å². The van der Waals surface area contributed by atoms with E-state index in [0.29, 0.717) is 50.0 Å². The molecule has 1 saturated heterocycles. The fourth-order valence-electron chi connectivity index (χ4n) is 4.48. The number of hydrogen-bond acceptors (Lipinski definition) is 7. The van der Waals surface area contributed by atoms with Gasteiger partial charge in [0.1, 0.15) is 5.82 Å². The van der Waals surface area contributed by atoms with Crippen molar-refractivity contribution in [1.29, 1.82) is 0 Å². The number of hydrogen-bond donors (Lipinski definition) is 3. The van der Waals surface area contributed by atoms with Gasteiger partial charge >= 0.3 is 6.03 Å². The normalized spacial score (nSPS) is 13.8. The molecule has 10 heteroatoms. The maximum Gasteiger partial charge on any atom is 0.323 e. The van der Waals surface area contributed by atoms with Gasteiger partial charge in [-0.15, -0.1) is 11.3 Å². The van der Waals surface area contributed by atoms with E-state index in [2.05, 4.69) is 4.98 Å². The smallest absolute Gasteiger partial charge is 0.323 e. The van der Waals surface area contributed by atoms with Gasteiger partial charge in [0, 0.05) is 53.1 Å². The molecule has 1 aliphatic rings. The average molecular weight is 529 g/mol. The molecular formula is C28H28N6O3S. The van der Waals surface area contributed by atoms with Crippen LogP contribution in [0.1, 0.15) is 11.1 Å². The van der Waals surface area contributed by atoms with E-state index in [9.17, 15) is 9.59 Å². The number of benzene rings is 2. The molecule has 9 nitrogen and oxygen atoms in total. The first-order valence-electron chi connectivity index (χ1n) is 12.2. The maximum absolute atomic E-state index is 12.6. The van der Waals surface area contributed by atoms with Crippen molar-refractivity contribution in [3.8, 4) is 11.1 Å². The molecule has 0 radical (unpaired) electrons. The largest absolute Gasteiger partial charge is 0.383 e. The van der Waals surface area contributed by atoms with Crippen LogP contribution < -0.4 is 22.1 Å². The standard InChI is InChI=1S/C28H28N6O3S/c29-15-18-2-1-3-22(14-18)34(28(31)36)21-7-4-19(5-8-21)23-17-38-26-20(16-32-27(30)25(23)26)6-9-24(35)33-10-12-37-13-11-33/h1-9,14,16-17H,10-13,15,29H2,(H2,30,32)(H2,31,36)/b9-6+. The minimum atomic E-state index is -0.593. The number of rotatable bonds is 6. The highest BCUT2D eigenvalue weighted by atomic mass is 32.1. The zero-order valence-electron chi connectivity index (χ0n) is 20.7. The molecule has 1 fully saturated rings. The zero-order chi connectivity index (χ0) is 26.6. The first kappa shape index (κ1) is 25.4. The topological polar surface area (TPSA) is 141 Å². The molecule has 0 saturated carbocycles. The number of nitrogen functional groups attached to an aromatic ring is 1. The van der Waals surface area contributed by atoms with Crippen LogP contribution in [0.25, 0.3) is 27.3 Å². The number of thiophene rings is 1. The second-order valence-electron chi connectivity index (χ2n) is 8.82.